The standard InChI is InChI=1S/C20H15ClF3N3O2/c1-12-8-14(6-7-25-12)18(28)27-16-9-17(13-2-4-15(21)5-3-13)19(26-10-16)29-11-20(22,23)24/h2-10H,11H2,1H3,(H,27,28). The Bertz CT molecular complexity index is 1020. The molecule has 0 saturated heterocycles. The molecule has 0 bridgehead atoms. The van der Waals surface area contributed by atoms with Crippen LogP contribution in [-0.4, -0.2) is 28.7 Å². The SMILES string of the molecule is Cc1cc(C(=O)Nc2cnc(OCC(F)(F)F)c(-c3ccc(Cl)cc3)c2)ccn1. The van der Waals surface area contributed by atoms with Crippen molar-refractivity contribution >= 4 is 23.2 Å². The highest BCUT2D eigenvalue weighted by Crippen LogP contribution is 2.32. The zero-order valence-electron chi connectivity index (χ0n) is 15.1. The third kappa shape index (κ3) is 5.68. The van der Waals surface area contributed by atoms with Gasteiger partial charge in [-0.05, 0) is 42.8 Å². The summed E-state index contributed by atoms with van der Waals surface area (Å²) in [6, 6.07) is 11.1. The number of carbonyl (C=O) groups excluding carboxylic acids is 1. The third-order valence-electron chi connectivity index (χ3n) is 3.80. The highest BCUT2D eigenvalue weighted by molar-refractivity contribution is 6.30. The van der Waals surface area contributed by atoms with Gasteiger partial charge >= 0.3 is 6.18 Å². The van der Waals surface area contributed by atoms with Crippen molar-refractivity contribution in [2.75, 3.05) is 11.9 Å². The molecule has 29 heavy (non-hydrogen) atoms. The zero-order valence-corrected chi connectivity index (χ0v) is 15.9. The molecule has 0 aliphatic heterocycles. The Kier molecular flexibility index (Phi) is 6.03. The topological polar surface area (TPSA) is 64.1 Å². The predicted molar refractivity (Wildman–Crippen MR) is 103 cm³/mol. The van der Waals surface area contributed by atoms with Crippen LogP contribution in [0, 0.1) is 6.92 Å². The first kappa shape index (κ1) is 20.6. The number of pyridine rings is 2. The number of aromatic nitrogens is 2. The van der Waals surface area contributed by atoms with Crippen molar-refractivity contribution in [3.8, 4) is 17.0 Å². The highest BCUT2D eigenvalue weighted by atomic mass is 35.5. The molecule has 0 unspecified atom stereocenters. The van der Waals surface area contributed by atoms with Crippen molar-refractivity contribution in [2.45, 2.75) is 13.1 Å². The summed E-state index contributed by atoms with van der Waals surface area (Å²) in [5.41, 5.74) is 2.19. The summed E-state index contributed by atoms with van der Waals surface area (Å²) >= 11 is 5.88. The van der Waals surface area contributed by atoms with Gasteiger partial charge in [0.25, 0.3) is 5.91 Å². The second-order valence-electron chi connectivity index (χ2n) is 6.13. The van der Waals surface area contributed by atoms with E-state index < -0.39 is 18.7 Å². The van der Waals surface area contributed by atoms with Gasteiger partial charge in [0.05, 0.1) is 11.9 Å². The molecule has 1 N–H and O–H groups in total. The van der Waals surface area contributed by atoms with E-state index in [4.69, 9.17) is 16.3 Å². The molecule has 0 saturated carbocycles. The molecule has 1 aromatic carbocycles. The van der Waals surface area contributed by atoms with E-state index in [9.17, 15) is 18.0 Å². The number of halogens is 4. The molecule has 0 fully saturated rings. The van der Waals surface area contributed by atoms with Gasteiger partial charge in [0.1, 0.15) is 0 Å². The van der Waals surface area contributed by atoms with Crippen LogP contribution in [0.3, 0.4) is 0 Å². The minimum absolute atomic E-state index is 0.206. The van der Waals surface area contributed by atoms with E-state index in [0.29, 0.717) is 27.5 Å². The minimum Gasteiger partial charge on any atom is -0.468 e. The van der Waals surface area contributed by atoms with E-state index >= 15 is 0 Å². The number of benzene rings is 1. The van der Waals surface area contributed by atoms with Gasteiger partial charge in [-0.1, -0.05) is 23.7 Å². The van der Waals surface area contributed by atoms with Gasteiger partial charge in [0.15, 0.2) is 6.61 Å². The van der Waals surface area contributed by atoms with Crippen LogP contribution in [0.25, 0.3) is 11.1 Å². The summed E-state index contributed by atoms with van der Waals surface area (Å²) in [5.74, 6) is -0.606. The molecule has 2 aromatic heterocycles. The minimum atomic E-state index is -4.51. The molecule has 5 nitrogen and oxygen atoms in total. The molecule has 0 aliphatic carbocycles. The molecule has 0 spiro atoms. The molecule has 150 valence electrons. The van der Waals surface area contributed by atoms with E-state index in [2.05, 4.69) is 15.3 Å². The molecule has 1 amide bonds. The number of amides is 1. The summed E-state index contributed by atoms with van der Waals surface area (Å²) in [7, 11) is 0. The molecular weight excluding hydrogens is 407 g/mol. The number of nitrogens with one attached hydrogen (secondary N) is 1. The summed E-state index contributed by atoms with van der Waals surface area (Å²) in [6.07, 6.45) is -1.77. The smallest absolute Gasteiger partial charge is 0.422 e. The first-order valence-corrected chi connectivity index (χ1v) is 8.78. The number of alkyl halides is 3. The van der Waals surface area contributed by atoms with E-state index in [1.807, 2.05) is 0 Å². The van der Waals surface area contributed by atoms with Gasteiger partial charge in [-0.3, -0.25) is 9.78 Å². The first-order chi connectivity index (χ1) is 13.7. The quantitative estimate of drug-likeness (QED) is 0.607. The second-order valence-corrected chi connectivity index (χ2v) is 6.56. The largest absolute Gasteiger partial charge is 0.468 e. The van der Waals surface area contributed by atoms with Crippen molar-refractivity contribution in [3.05, 3.63) is 71.1 Å². The van der Waals surface area contributed by atoms with Crippen molar-refractivity contribution in [2.24, 2.45) is 0 Å². The predicted octanol–water partition coefficient (Wildman–Crippen LogP) is 5.30. The average molecular weight is 422 g/mol. The number of nitrogens with zero attached hydrogens (tertiary/aromatic N) is 2. The molecule has 0 atom stereocenters. The van der Waals surface area contributed by atoms with Crippen LogP contribution >= 0.6 is 11.6 Å². The second kappa shape index (κ2) is 8.48. The lowest BCUT2D eigenvalue weighted by Crippen LogP contribution is -2.20. The van der Waals surface area contributed by atoms with Crippen LogP contribution < -0.4 is 10.1 Å². The van der Waals surface area contributed by atoms with Crippen LogP contribution in [0.2, 0.25) is 5.02 Å². The molecule has 2 heterocycles. The number of hydrogen-bond donors (Lipinski definition) is 1. The number of carbonyl (C=O) groups is 1. The fraction of sp³-hybridized carbons (Fsp3) is 0.150. The number of aryl methyl sites for hydroxylation is 1. The van der Waals surface area contributed by atoms with Crippen LogP contribution in [0.1, 0.15) is 16.1 Å². The van der Waals surface area contributed by atoms with Gasteiger partial charge < -0.3 is 10.1 Å². The van der Waals surface area contributed by atoms with Crippen molar-refractivity contribution < 1.29 is 22.7 Å². The van der Waals surface area contributed by atoms with E-state index in [1.54, 1.807) is 43.3 Å². The van der Waals surface area contributed by atoms with E-state index in [0.717, 1.165) is 0 Å². The van der Waals surface area contributed by atoms with E-state index in [-0.39, 0.29) is 11.4 Å². The fourth-order valence-electron chi connectivity index (χ4n) is 2.51. The molecule has 0 aliphatic rings. The maximum absolute atomic E-state index is 12.6. The maximum Gasteiger partial charge on any atom is 0.422 e. The highest BCUT2D eigenvalue weighted by Gasteiger charge is 2.29. The zero-order chi connectivity index (χ0) is 21.0. The van der Waals surface area contributed by atoms with Gasteiger partial charge in [-0.25, -0.2) is 4.98 Å². The summed E-state index contributed by atoms with van der Waals surface area (Å²) < 4.78 is 42.6. The van der Waals surface area contributed by atoms with Crippen LogP contribution in [-0.2, 0) is 0 Å². The van der Waals surface area contributed by atoms with Crippen molar-refractivity contribution in [1.82, 2.24) is 9.97 Å². The number of hydrogen-bond acceptors (Lipinski definition) is 4. The van der Waals surface area contributed by atoms with Crippen LogP contribution in [0.15, 0.2) is 54.9 Å². The van der Waals surface area contributed by atoms with Crippen LogP contribution in [0.5, 0.6) is 5.88 Å². The van der Waals surface area contributed by atoms with Crippen LogP contribution in [0.4, 0.5) is 18.9 Å². The first-order valence-electron chi connectivity index (χ1n) is 8.41. The lowest BCUT2D eigenvalue weighted by atomic mass is 10.1. The summed E-state index contributed by atoms with van der Waals surface area (Å²) in [4.78, 5) is 20.4. The van der Waals surface area contributed by atoms with Crippen molar-refractivity contribution in [1.29, 1.82) is 0 Å². The van der Waals surface area contributed by atoms with Gasteiger partial charge in [-0.2, -0.15) is 13.2 Å². The third-order valence-corrected chi connectivity index (χ3v) is 4.05. The number of anilines is 1. The molecular formula is C20H15ClF3N3O2. The van der Waals surface area contributed by atoms with Gasteiger partial charge in [0, 0.05) is 28.0 Å². The normalized spacial score (nSPS) is 11.2. The van der Waals surface area contributed by atoms with E-state index in [1.165, 1.54) is 18.5 Å². The molecule has 9 heteroatoms. The Morgan fingerprint density at radius 2 is 1.86 bits per heavy atom. The Morgan fingerprint density at radius 3 is 2.52 bits per heavy atom. The van der Waals surface area contributed by atoms with Gasteiger partial charge in [0.2, 0.25) is 5.88 Å². The lowest BCUT2D eigenvalue weighted by Gasteiger charge is -2.14. The Hall–Kier alpha value is -3.13. The summed E-state index contributed by atoms with van der Waals surface area (Å²) in [5, 5.41) is 3.14. The number of ether oxygens (including phenoxy) is 1. The van der Waals surface area contributed by atoms with Gasteiger partial charge in [-0.15, -0.1) is 0 Å². The average Bonchev–Trinajstić information content (AvgIpc) is 2.67. The Labute approximate surface area is 169 Å². The molecule has 3 rings (SSSR count). The Balaban J connectivity index is 1.92. The fourth-order valence-corrected chi connectivity index (χ4v) is 2.64. The molecule has 0 radical (unpaired) electrons. The van der Waals surface area contributed by atoms with Crippen molar-refractivity contribution in [3.63, 3.8) is 0 Å². The Morgan fingerprint density at radius 1 is 1.14 bits per heavy atom. The number of rotatable bonds is 5. The summed E-state index contributed by atoms with van der Waals surface area (Å²) in [6.45, 7) is 0.270. The lowest BCUT2D eigenvalue weighted by molar-refractivity contribution is -0.154. The maximum atomic E-state index is 12.6. The molecule has 3 aromatic rings. The monoisotopic (exact) mass is 421 g/mol.